The van der Waals surface area contributed by atoms with E-state index in [0.717, 1.165) is 52.0 Å². The first kappa shape index (κ1) is 44.8. The molecule has 5 nitrogen and oxygen atoms in total. The minimum atomic E-state index is -0.704. The number of hydrogen-bond acceptors (Lipinski definition) is 5. The molecule has 1 rings (SSSR count). The minimum Gasteiger partial charge on any atom is -0.394 e. The molecule has 0 radical (unpaired) electrons. The third-order valence-corrected chi connectivity index (χ3v) is 9.32. The Hall–Kier alpha value is -1.24. The number of hydrogen-bond donors (Lipinski definition) is 2. The standard InChI is InChI=1S/C43H79NO4/c1-3-5-7-9-11-13-15-17-19-21-23-25-27-29-31-33-35-47-42-38-44(37-41(46)40-45)39-43(42)48-36-34-32-30-28-26-24-22-20-18-16-14-12-10-8-6-4-2/h11-14,17-20,41-43,45-46H,3-10,15-16,21-40H2,1-2H3/t41?,42-,43?/m1/s1. The molecule has 0 aromatic heterocycles. The summed E-state index contributed by atoms with van der Waals surface area (Å²) in [6.07, 6.45) is 48.0. The van der Waals surface area contributed by atoms with Gasteiger partial charge in [0.25, 0.3) is 0 Å². The van der Waals surface area contributed by atoms with E-state index < -0.39 is 6.10 Å². The highest BCUT2D eigenvalue weighted by Crippen LogP contribution is 2.19. The largest absolute Gasteiger partial charge is 0.394 e. The number of ether oxygens (including phenoxy) is 2. The van der Waals surface area contributed by atoms with Crippen LogP contribution in [0.2, 0.25) is 0 Å². The molecule has 1 heterocycles. The molecule has 1 aliphatic rings. The molecule has 2 N–H and O–H groups in total. The fourth-order valence-corrected chi connectivity index (χ4v) is 6.29. The van der Waals surface area contributed by atoms with Gasteiger partial charge in [-0.25, -0.2) is 0 Å². The Morgan fingerprint density at radius 2 is 0.875 bits per heavy atom. The summed E-state index contributed by atoms with van der Waals surface area (Å²) in [4.78, 5) is 2.19. The van der Waals surface area contributed by atoms with Gasteiger partial charge in [0.2, 0.25) is 0 Å². The molecule has 5 heteroatoms. The first-order valence-corrected chi connectivity index (χ1v) is 20.6. The van der Waals surface area contributed by atoms with Crippen LogP contribution in [0, 0.1) is 0 Å². The monoisotopic (exact) mass is 674 g/mol. The van der Waals surface area contributed by atoms with E-state index in [0.29, 0.717) is 6.54 Å². The van der Waals surface area contributed by atoms with E-state index in [2.05, 4.69) is 67.4 Å². The molecule has 1 aliphatic heterocycles. The van der Waals surface area contributed by atoms with Gasteiger partial charge < -0.3 is 19.7 Å². The molecular formula is C43H79NO4. The van der Waals surface area contributed by atoms with Gasteiger partial charge in [0.05, 0.1) is 24.9 Å². The summed E-state index contributed by atoms with van der Waals surface area (Å²) in [6, 6.07) is 0. The lowest BCUT2D eigenvalue weighted by Gasteiger charge is -2.20. The predicted molar refractivity (Wildman–Crippen MR) is 208 cm³/mol. The van der Waals surface area contributed by atoms with Crippen molar-refractivity contribution in [2.24, 2.45) is 0 Å². The molecule has 1 saturated heterocycles. The van der Waals surface area contributed by atoms with Crippen LogP contribution in [0.4, 0.5) is 0 Å². The minimum absolute atomic E-state index is 0.0541. The number of aliphatic hydroxyl groups excluding tert-OH is 2. The summed E-state index contributed by atoms with van der Waals surface area (Å²) in [5, 5.41) is 19.3. The lowest BCUT2D eigenvalue weighted by Crippen LogP contribution is -2.33. The molecule has 0 aliphatic carbocycles. The summed E-state index contributed by atoms with van der Waals surface area (Å²) in [5.41, 5.74) is 0. The molecule has 3 atom stereocenters. The predicted octanol–water partition coefficient (Wildman–Crippen LogP) is 11.1. The SMILES string of the molecule is CCCCCC=CCC=CCCCCCCCCOC1CN(CC(O)CO)C[C@H]1OCCCCCCCCC=CCC=CCCCCC. The molecule has 48 heavy (non-hydrogen) atoms. The molecule has 0 aromatic rings. The van der Waals surface area contributed by atoms with Crippen LogP contribution in [0.25, 0.3) is 0 Å². The summed E-state index contributed by atoms with van der Waals surface area (Å²) in [5.74, 6) is 0. The van der Waals surface area contributed by atoms with Gasteiger partial charge in [0.1, 0.15) is 0 Å². The lowest BCUT2D eigenvalue weighted by molar-refractivity contribution is -0.0481. The van der Waals surface area contributed by atoms with Gasteiger partial charge in [-0.1, -0.05) is 140 Å². The quantitative estimate of drug-likeness (QED) is 0.0518. The van der Waals surface area contributed by atoms with Gasteiger partial charge in [-0.05, 0) is 77.0 Å². The Morgan fingerprint density at radius 3 is 1.25 bits per heavy atom. The summed E-state index contributed by atoms with van der Waals surface area (Å²) in [7, 11) is 0. The molecule has 2 unspecified atom stereocenters. The van der Waals surface area contributed by atoms with Crippen molar-refractivity contribution in [3.8, 4) is 0 Å². The second-order valence-corrected chi connectivity index (χ2v) is 14.0. The van der Waals surface area contributed by atoms with E-state index in [-0.39, 0.29) is 18.8 Å². The Bertz CT molecular complexity index is 721. The first-order valence-electron chi connectivity index (χ1n) is 20.6. The van der Waals surface area contributed by atoms with Crippen molar-refractivity contribution in [2.45, 2.75) is 186 Å². The molecule has 280 valence electrons. The number of unbranched alkanes of at least 4 members (excludes halogenated alkanes) is 18. The van der Waals surface area contributed by atoms with Crippen LogP contribution in [0.15, 0.2) is 48.6 Å². The van der Waals surface area contributed by atoms with Gasteiger partial charge in [0.15, 0.2) is 0 Å². The number of β-amino-alcohol motifs (C(OH)–C–C–N with tert-alkyl or cyclic N) is 1. The maximum Gasteiger partial charge on any atom is 0.0975 e. The zero-order chi connectivity index (χ0) is 34.6. The van der Waals surface area contributed by atoms with Crippen LogP contribution in [0.5, 0.6) is 0 Å². The van der Waals surface area contributed by atoms with Crippen LogP contribution >= 0.6 is 0 Å². The van der Waals surface area contributed by atoms with Crippen LogP contribution < -0.4 is 0 Å². The van der Waals surface area contributed by atoms with Crippen molar-refractivity contribution in [3.63, 3.8) is 0 Å². The first-order chi connectivity index (χ1) is 23.7. The van der Waals surface area contributed by atoms with Crippen molar-refractivity contribution in [3.05, 3.63) is 48.6 Å². The maximum absolute atomic E-state index is 9.97. The van der Waals surface area contributed by atoms with Gasteiger partial charge in [-0.15, -0.1) is 0 Å². The second kappa shape index (κ2) is 35.6. The number of rotatable bonds is 35. The summed E-state index contributed by atoms with van der Waals surface area (Å²) in [6.45, 7) is 7.89. The van der Waals surface area contributed by atoms with Crippen LogP contribution in [-0.4, -0.2) is 72.9 Å². The molecule has 0 saturated carbocycles. The molecule has 0 spiro atoms. The average molecular weight is 674 g/mol. The number of aliphatic hydroxyl groups is 2. The van der Waals surface area contributed by atoms with E-state index in [1.165, 1.54) is 128 Å². The van der Waals surface area contributed by atoms with Crippen molar-refractivity contribution in [1.82, 2.24) is 4.90 Å². The van der Waals surface area contributed by atoms with E-state index in [1.807, 2.05) is 0 Å². The van der Waals surface area contributed by atoms with Gasteiger partial charge in [0, 0.05) is 32.8 Å². The smallest absolute Gasteiger partial charge is 0.0975 e. The van der Waals surface area contributed by atoms with E-state index in [1.54, 1.807) is 0 Å². The maximum atomic E-state index is 9.97. The van der Waals surface area contributed by atoms with Crippen LogP contribution in [0.3, 0.4) is 0 Å². The van der Waals surface area contributed by atoms with Crippen molar-refractivity contribution < 1.29 is 19.7 Å². The topological polar surface area (TPSA) is 62.2 Å². The van der Waals surface area contributed by atoms with Crippen LogP contribution in [-0.2, 0) is 9.47 Å². The van der Waals surface area contributed by atoms with Gasteiger partial charge in [-0.2, -0.15) is 0 Å². The summed E-state index contributed by atoms with van der Waals surface area (Å²) < 4.78 is 12.7. The molecule has 1 fully saturated rings. The number of allylic oxidation sites excluding steroid dienone is 8. The summed E-state index contributed by atoms with van der Waals surface area (Å²) >= 11 is 0. The third-order valence-electron chi connectivity index (χ3n) is 9.32. The highest BCUT2D eigenvalue weighted by molar-refractivity contribution is 4.93. The van der Waals surface area contributed by atoms with Crippen molar-refractivity contribution in [1.29, 1.82) is 0 Å². The lowest BCUT2D eigenvalue weighted by atomic mass is 10.1. The Morgan fingerprint density at radius 1 is 0.521 bits per heavy atom. The van der Waals surface area contributed by atoms with Crippen molar-refractivity contribution in [2.75, 3.05) is 39.5 Å². The third kappa shape index (κ3) is 28.6. The van der Waals surface area contributed by atoms with E-state index in [4.69, 9.17) is 9.47 Å². The van der Waals surface area contributed by atoms with Crippen LogP contribution in [0.1, 0.15) is 168 Å². The highest BCUT2D eigenvalue weighted by atomic mass is 16.5. The van der Waals surface area contributed by atoms with Gasteiger partial charge in [-0.3, -0.25) is 4.90 Å². The average Bonchev–Trinajstić information content (AvgIpc) is 3.47. The fraction of sp³-hybridized carbons (Fsp3) is 0.814. The highest BCUT2D eigenvalue weighted by Gasteiger charge is 2.34. The van der Waals surface area contributed by atoms with E-state index in [9.17, 15) is 10.2 Å². The molecule has 0 amide bonds. The zero-order valence-electron chi connectivity index (χ0n) is 31.7. The zero-order valence-corrected chi connectivity index (χ0v) is 31.7. The Balaban J connectivity index is 2.08. The Kier molecular flexibility index (Phi) is 33.2. The second-order valence-electron chi connectivity index (χ2n) is 14.0. The fourth-order valence-electron chi connectivity index (χ4n) is 6.29. The molecular weight excluding hydrogens is 594 g/mol. The van der Waals surface area contributed by atoms with Crippen molar-refractivity contribution >= 4 is 0 Å². The number of likely N-dealkylation sites (tertiary alicyclic amines) is 1. The molecule has 0 bridgehead atoms. The van der Waals surface area contributed by atoms with Gasteiger partial charge >= 0.3 is 0 Å². The van der Waals surface area contributed by atoms with E-state index >= 15 is 0 Å². The molecule has 0 aromatic carbocycles. The normalized spacial score (nSPS) is 18.2. The number of nitrogens with zero attached hydrogens (tertiary/aromatic N) is 1. The Labute approximate surface area is 298 Å².